The predicted molar refractivity (Wildman–Crippen MR) is 169 cm³/mol. The van der Waals surface area contributed by atoms with Gasteiger partial charge >= 0.3 is 0 Å². The summed E-state index contributed by atoms with van der Waals surface area (Å²) in [6.45, 7) is 4.77. The van der Waals surface area contributed by atoms with Crippen LogP contribution in [0.25, 0.3) is 69.6 Å². The lowest BCUT2D eigenvalue weighted by Crippen LogP contribution is -2.15. The number of hydrogen-bond acceptors (Lipinski definition) is 1. The third kappa shape index (κ3) is 2.74. The lowest BCUT2D eigenvalue weighted by molar-refractivity contribution is 0.661. The molecule has 0 atom stereocenters. The van der Waals surface area contributed by atoms with E-state index in [1.54, 1.807) is 0 Å². The summed E-state index contributed by atoms with van der Waals surface area (Å²) < 4.78 is 5.16. The largest absolute Gasteiger partial charge is 0.309 e. The van der Waals surface area contributed by atoms with Crippen LogP contribution in [0.15, 0.2) is 115 Å². The van der Waals surface area contributed by atoms with Gasteiger partial charge in [0.25, 0.3) is 0 Å². The van der Waals surface area contributed by atoms with E-state index in [9.17, 15) is 0 Å². The smallest absolute Gasteiger partial charge is 0.0544 e. The number of rotatable bonds is 1. The van der Waals surface area contributed by atoms with E-state index < -0.39 is 0 Å². The minimum atomic E-state index is -0.0698. The first-order valence-electron chi connectivity index (χ1n) is 13.6. The second-order valence-corrected chi connectivity index (χ2v) is 12.5. The summed E-state index contributed by atoms with van der Waals surface area (Å²) in [5.74, 6) is 0. The van der Waals surface area contributed by atoms with Crippen molar-refractivity contribution in [3.8, 4) is 16.8 Å². The molecule has 1 aliphatic carbocycles. The third-order valence-corrected chi connectivity index (χ3v) is 10.1. The molecule has 2 heterocycles. The van der Waals surface area contributed by atoms with Gasteiger partial charge in [-0.15, -0.1) is 11.3 Å². The molecule has 9 rings (SSSR count). The van der Waals surface area contributed by atoms with Gasteiger partial charge in [-0.25, -0.2) is 0 Å². The second-order valence-electron chi connectivity index (χ2n) is 11.4. The van der Waals surface area contributed by atoms with Crippen LogP contribution < -0.4 is 0 Å². The molecule has 0 fully saturated rings. The molecule has 0 aliphatic heterocycles. The summed E-state index contributed by atoms with van der Waals surface area (Å²) in [5.41, 5.74) is 9.30. The number of fused-ring (bicyclic) bond motifs is 11. The Balaban J connectivity index is 1.38. The quantitative estimate of drug-likeness (QED) is 0.205. The first-order valence-corrected chi connectivity index (χ1v) is 14.4. The monoisotopic (exact) mass is 515 g/mol. The molecule has 184 valence electrons. The normalized spacial score (nSPS) is 14.1. The van der Waals surface area contributed by atoms with Crippen LogP contribution in [0.5, 0.6) is 0 Å². The van der Waals surface area contributed by atoms with E-state index >= 15 is 0 Å². The van der Waals surface area contributed by atoms with Crippen molar-refractivity contribution in [3.63, 3.8) is 0 Å². The minimum Gasteiger partial charge on any atom is -0.309 e. The highest BCUT2D eigenvalue weighted by atomic mass is 32.1. The van der Waals surface area contributed by atoms with Gasteiger partial charge in [-0.2, -0.15) is 0 Å². The Bertz CT molecular complexity index is 2310. The number of thiophene rings is 1. The first-order chi connectivity index (χ1) is 19.1. The van der Waals surface area contributed by atoms with Crippen molar-refractivity contribution in [2.75, 3.05) is 0 Å². The Hall–Kier alpha value is -4.40. The van der Waals surface area contributed by atoms with Crippen LogP contribution in [0.1, 0.15) is 25.0 Å². The van der Waals surface area contributed by atoms with Crippen LogP contribution in [0.4, 0.5) is 0 Å². The molecule has 0 spiro atoms. The molecule has 1 aliphatic rings. The molecular formula is C37H25NS. The first kappa shape index (κ1) is 21.5. The Morgan fingerprint density at radius 2 is 1.28 bits per heavy atom. The average molecular weight is 516 g/mol. The van der Waals surface area contributed by atoms with E-state index in [0.717, 1.165) is 0 Å². The Morgan fingerprint density at radius 1 is 0.538 bits per heavy atom. The topological polar surface area (TPSA) is 4.93 Å². The molecule has 0 unspecified atom stereocenters. The van der Waals surface area contributed by atoms with Crippen molar-refractivity contribution in [2.24, 2.45) is 0 Å². The fourth-order valence-electron chi connectivity index (χ4n) is 7.10. The van der Waals surface area contributed by atoms with Crippen molar-refractivity contribution < 1.29 is 0 Å². The molecule has 6 aromatic carbocycles. The van der Waals surface area contributed by atoms with Crippen LogP contribution in [0.3, 0.4) is 0 Å². The molecule has 8 aromatic rings. The Labute approximate surface area is 230 Å². The molecule has 0 radical (unpaired) electrons. The lowest BCUT2D eigenvalue weighted by atomic mass is 9.82. The average Bonchev–Trinajstić information content (AvgIpc) is 3.57. The van der Waals surface area contributed by atoms with Crippen LogP contribution in [0.2, 0.25) is 0 Å². The van der Waals surface area contributed by atoms with Crippen molar-refractivity contribution in [1.29, 1.82) is 0 Å². The van der Waals surface area contributed by atoms with Gasteiger partial charge in [0.05, 0.1) is 11.0 Å². The van der Waals surface area contributed by atoms with Gasteiger partial charge in [-0.3, -0.25) is 0 Å². The molecule has 2 aromatic heterocycles. The number of para-hydroxylation sites is 1. The van der Waals surface area contributed by atoms with Gasteiger partial charge < -0.3 is 4.57 Å². The van der Waals surface area contributed by atoms with Gasteiger partial charge in [-0.05, 0) is 69.4 Å². The Kier molecular flexibility index (Phi) is 4.07. The molecule has 0 saturated carbocycles. The van der Waals surface area contributed by atoms with Gasteiger partial charge in [0.1, 0.15) is 0 Å². The van der Waals surface area contributed by atoms with E-state index in [1.165, 1.54) is 80.7 Å². The second kappa shape index (κ2) is 7.37. The molecule has 1 nitrogen and oxygen atoms in total. The Morgan fingerprint density at radius 3 is 2.18 bits per heavy atom. The third-order valence-electron chi connectivity index (χ3n) is 8.98. The zero-order valence-corrected chi connectivity index (χ0v) is 22.6. The fraction of sp³-hybridized carbons (Fsp3) is 0.0811. The summed E-state index contributed by atoms with van der Waals surface area (Å²) in [6.07, 6.45) is 0. The number of benzene rings is 6. The molecule has 0 amide bonds. The van der Waals surface area contributed by atoms with Crippen LogP contribution >= 0.6 is 11.3 Å². The molecule has 39 heavy (non-hydrogen) atoms. The highest BCUT2D eigenvalue weighted by molar-refractivity contribution is 7.25. The van der Waals surface area contributed by atoms with E-state index in [1.807, 2.05) is 11.3 Å². The summed E-state index contributed by atoms with van der Waals surface area (Å²) in [4.78, 5) is 0. The number of nitrogens with zero attached hydrogens (tertiary/aromatic N) is 1. The van der Waals surface area contributed by atoms with E-state index in [-0.39, 0.29) is 5.41 Å². The maximum atomic E-state index is 2.48. The predicted octanol–water partition coefficient (Wildman–Crippen LogP) is 10.6. The zero-order chi connectivity index (χ0) is 25.9. The van der Waals surface area contributed by atoms with Crippen molar-refractivity contribution in [1.82, 2.24) is 4.57 Å². The van der Waals surface area contributed by atoms with Crippen LogP contribution in [-0.2, 0) is 5.41 Å². The highest BCUT2D eigenvalue weighted by Crippen LogP contribution is 2.53. The maximum absolute atomic E-state index is 2.48. The molecule has 0 saturated heterocycles. The van der Waals surface area contributed by atoms with E-state index in [4.69, 9.17) is 0 Å². The maximum Gasteiger partial charge on any atom is 0.0544 e. The standard InChI is InChI=1S/C37H25NS/c1-37(2)30-18-15-22-9-3-4-10-24(22)36(30)29-20-28-25-11-5-7-13-32(25)38(33(28)21-31(29)37)23-16-17-27-26-12-6-8-14-34(26)39-35(27)19-23/h3-21H,1-2H3. The van der Waals surface area contributed by atoms with Crippen molar-refractivity contribution in [2.45, 2.75) is 19.3 Å². The molecular weight excluding hydrogens is 490 g/mol. The van der Waals surface area contributed by atoms with E-state index in [0.29, 0.717) is 0 Å². The fourth-order valence-corrected chi connectivity index (χ4v) is 8.24. The summed E-state index contributed by atoms with van der Waals surface area (Å²) in [5, 5.41) is 7.95. The lowest BCUT2D eigenvalue weighted by Gasteiger charge is -2.22. The number of hydrogen-bond donors (Lipinski definition) is 0. The van der Waals surface area contributed by atoms with Gasteiger partial charge in [-0.1, -0.05) is 92.7 Å². The van der Waals surface area contributed by atoms with Gasteiger partial charge in [0.15, 0.2) is 0 Å². The zero-order valence-electron chi connectivity index (χ0n) is 21.8. The van der Waals surface area contributed by atoms with Crippen molar-refractivity contribution >= 4 is 64.1 Å². The summed E-state index contributed by atoms with van der Waals surface area (Å²) in [6, 6.07) is 43.0. The number of aromatic nitrogens is 1. The van der Waals surface area contributed by atoms with Crippen molar-refractivity contribution in [3.05, 3.63) is 126 Å². The molecule has 2 heteroatoms. The van der Waals surface area contributed by atoms with E-state index in [2.05, 4.69) is 134 Å². The van der Waals surface area contributed by atoms with Crippen LogP contribution in [-0.4, -0.2) is 4.57 Å². The SMILES string of the molecule is CC1(C)c2cc3c(cc2-c2c1ccc1ccccc21)c1ccccc1n3-c1ccc2c(c1)sc1ccccc12. The molecule has 0 bridgehead atoms. The minimum absolute atomic E-state index is 0.0698. The summed E-state index contributed by atoms with van der Waals surface area (Å²) in [7, 11) is 0. The molecule has 0 N–H and O–H groups in total. The summed E-state index contributed by atoms with van der Waals surface area (Å²) >= 11 is 1.88. The highest BCUT2D eigenvalue weighted by Gasteiger charge is 2.37. The van der Waals surface area contributed by atoms with Crippen LogP contribution in [0, 0.1) is 0 Å². The van der Waals surface area contributed by atoms with Gasteiger partial charge in [0, 0.05) is 42.0 Å². The van der Waals surface area contributed by atoms with Gasteiger partial charge in [0.2, 0.25) is 0 Å².